The van der Waals surface area contributed by atoms with E-state index in [9.17, 15) is 9.59 Å². The van der Waals surface area contributed by atoms with Gasteiger partial charge in [0, 0.05) is 31.0 Å². The number of morpholine rings is 1. The van der Waals surface area contributed by atoms with Crippen molar-refractivity contribution in [3.63, 3.8) is 0 Å². The Morgan fingerprint density at radius 1 is 0.882 bits per heavy atom. The maximum atomic E-state index is 12.8. The zero-order valence-electron chi connectivity index (χ0n) is 19.6. The molecule has 1 fully saturated rings. The monoisotopic (exact) mass is 457 g/mol. The molecule has 6 nitrogen and oxygen atoms in total. The second kappa shape index (κ2) is 11.5. The third kappa shape index (κ3) is 6.23. The number of nitrogens with zero attached hydrogens (tertiary/aromatic N) is 2. The quantitative estimate of drug-likeness (QED) is 0.550. The molecule has 3 aromatic rings. The van der Waals surface area contributed by atoms with Gasteiger partial charge in [0.15, 0.2) is 0 Å². The van der Waals surface area contributed by atoms with Crippen LogP contribution in [0.5, 0.6) is 0 Å². The molecule has 1 aliphatic heterocycles. The zero-order chi connectivity index (χ0) is 23.8. The van der Waals surface area contributed by atoms with E-state index in [0.29, 0.717) is 6.54 Å². The highest BCUT2D eigenvalue weighted by atomic mass is 16.5. The summed E-state index contributed by atoms with van der Waals surface area (Å²) in [5.41, 5.74) is 5.03. The molecule has 1 aliphatic rings. The van der Waals surface area contributed by atoms with Crippen molar-refractivity contribution < 1.29 is 14.3 Å². The lowest BCUT2D eigenvalue weighted by atomic mass is 10.0. The number of carbonyl (C=O) groups excluding carboxylic acids is 2. The van der Waals surface area contributed by atoms with Crippen LogP contribution in [0.3, 0.4) is 0 Å². The lowest BCUT2D eigenvalue weighted by Gasteiger charge is -2.29. The van der Waals surface area contributed by atoms with E-state index in [1.165, 1.54) is 0 Å². The first kappa shape index (κ1) is 23.5. The maximum absolute atomic E-state index is 12.8. The molecule has 0 bridgehead atoms. The molecule has 3 aromatic carbocycles. The summed E-state index contributed by atoms with van der Waals surface area (Å²) in [5.74, 6) is -0.262. The van der Waals surface area contributed by atoms with E-state index < -0.39 is 0 Å². The summed E-state index contributed by atoms with van der Waals surface area (Å²) in [6, 6.07) is 26.0. The SMILES string of the molecule is CCN(CC(=O)Nc1ccc(N2CCOCC2)cc1)C(=O)Cc1ccc(-c2ccccc2)cc1. The molecule has 2 amide bonds. The molecule has 0 radical (unpaired) electrons. The number of hydrogen-bond donors (Lipinski definition) is 1. The first-order valence-electron chi connectivity index (χ1n) is 11.8. The van der Waals surface area contributed by atoms with Crippen molar-refractivity contribution >= 4 is 23.2 Å². The van der Waals surface area contributed by atoms with Crippen molar-refractivity contribution in [2.24, 2.45) is 0 Å². The number of likely N-dealkylation sites (N-methyl/N-ethyl adjacent to an activating group) is 1. The van der Waals surface area contributed by atoms with Crippen LogP contribution in [0.2, 0.25) is 0 Å². The van der Waals surface area contributed by atoms with Crippen LogP contribution in [0, 0.1) is 0 Å². The Morgan fingerprint density at radius 3 is 2.18 bits per heavy atom. The molecule has 0 atom stereocenters. The summed E-state index contributed by atoms with van der Waals surface area (Å²) in [5, 5.41) is 2.91. The van der Waals surface area contributed by atoms with Crippen LogP contribution in [-0.2, 0) is 20.7 Å². The first-order chi connectivity index (χ1) is 16.6. The highest BCUT2D eigenvalue weighted by Crippen LogP contribution is 2.20. The normalized spacial score (nSPS) is 13.4. The molecule has 4 rings (SSSR count). The maximum Gasteiger partial charge on any atom is 0.243 e. The van der Waals surface area contributed by atoms with Crippen molar-refractivity contribution in [3.05, 3.63) is 84.4 Å². The summed E-state index contributed by atoms with van der Waals surface area (Å²) >= 11 is 0. The van der Waals surface area contributed by atoms with E-state index in [2.05, 4.69) is 22.3 Å². The van der Waals surface area contributed by atoms with Crippen molar-refractivity contribution in [3.8, 4) is 11.1 Å². The molecule has 1 heterocycles. The Labute approximate surface area is 201 Å². The van der Waals surface area contributed by atoms with Crippen molar-refractivity contribution in [1.82, 2.24) is 4.90 Å². The topological polar surface area (TPSA) is 61.9 Å². The van der Waals surface area contributed by atoms with Gasteiger partial charge in [0.05, 0.1) is 26.2 Å². The molecule has 6 heteroatoms. The fraction of sp³-hybridized carbons (Fsp3) is 0.286. The highest BCUT2D eigenvalue weighted by molar-refractivity contribution is 5.95. The molecule has 0 aliphatic carbocycles. The lowest BCUT2D eigenvalue weighted by molar-refractivity contribution is -0.133. The second-order valence-electron chi connectivity index (χ2n) is 8.34. The Bertz CT molecular complexity index is 1080. The summed E-state index contributed by atoms with van der Waals surface area (Å²) in [4.78, 5) is 29.3. The van der Waals surface area contributed by atoms with Gasteiger partial charge in [-0.25, -0.2) is 0 Å². The molecule has 0 unspecified atom stereocenters. The molecule has 1 saturated heterocycles. The summed E-state index contributed by atoms with van der Waals surface area (Å²) in [6.45, 7) is 5.60. The summed E-state index contributed by atoms with van der Waals surface area (Å²) in [6.07, 6.45) is 0.268. The van der Waals surface area contributed by atoms with E-state index in [-0.39, 0.29) is 24.8 Å². The lowest BCUT2D eigenvalue weighted by Crippen LogP contribution is -2.38. The van der Waals surface area contributed by atoms with Gasteiger partial charge in [0.1, 0.15) is 0 Å². The van der Waals surface area contributed by atoms with E-state index >= 15 is 0 Å². The van der Waals surface area contributed by atoms with E-state index in [1.807, 2.05) is 73.7 Å². The summed E-state index contributed by atoms with van der Waals surface area (Å²) in [7, 11) is 0. The minimum Gasteiger partial charge on any atom is -0.378 e. The van der Waals surface area contributed by atoms with Crippen molar-refractivity contribution in [1.29, 1.82) is 0 Å². The van der Waals surface area contributed by atoms with Gasteiger partial charge in [-0.1, -0.05) is 54.6 Å². The van der Waals surface area contributed by atoms with Gasteiger partial charge in [0.25, 0.3) is 0 Å². The standard InChI is InChI=1S/C28H31N3O3/c1-2-30(28(33)20-22-8-10-24(11-9-22)23-6-4-3-5-7-23)21-27(32)29-25-12-14-26(15-13-25)31-16-18-34-19-17-31/h3-15H,2,16-21H2,1H3,(H,29,32). The van der Waals surface area contributed by atoms with Crippen LogP contribution in [0.15, 0.2) is 78.9 Å². The number of ether oxygens (including phenoxy) is 1. The average Bonchev–Trinajstić information content (AvgIpc) is 2.89. The van der Waals surface area contributed by atoms with Crippen molar-refractivity contribution in [2.45, 2.75) is 13.3 Å². The van der Waals surface area contributed by atoms with E-state index in [1.54, 1.807) is 4.90 Å². The Balaban J connectivity index is 1.29. The highest BCUT2D eigenvalue weighted by Gasteiger charge is 2.17. The van der Waals surface area contributed by atoms with Gasteiger partial charge < -0.3 is 19.9 Å². The number of benzene rings is 3. The molecular formula is C28H31N3O3. The Hall–Kier alpha value is -3.64. The van der Waals surface area contributed by atoms with Crippen LogP contribution < -0.4 is 10.2 Å². The average molecular weight is 458 g/mol. The number of nitrogens with one attached hydrogen (secondary N) is 1. The van der Waals surface area contributed by atoms with Gasteiger partial charge in [-0.15, -0.1) is 0 Å². The smallest absolute Gasteiger partial charge is 0.243 e. The van der Waals surface area contributed by atoms with Crippen molar-refractivity contribution in [2.75, 3.05) is 49.6 Å². The molecule has 0 saturated carbocycles. The molecule has 1 N–H and O–H groups in total. The zero-order valence-corrected chi connectivity index (χ0v) is 19.6. The molecule has 0 spiro atoms. The van der Waals surface area contributed by atoms with Gasteiger partial charge in [-0.05, 0) is 47.9 Å². The van der Waals surface area contributed by atoms with Crippen LogP contribution in [-0.4, -0.2) is 56.1 Å². The Kier molecular flexibility index (Phi) is 7.94. The van der Waals surface area contributed by atoms with E-state index in [0.717, 1.165) is 54.4 Å². The van der Waals surface area contributed by atoms with Crippen LogP contribution in [0.25, 0.3) is 11.1 Å². The minimum absolute atomic E-state index is 0.0304. The summed E-state index contributed by atoms with van der Waals surface area (Å²) < 4.78 is 5.39. The Morgan fingerprint density at radius 2 is 1.53 bits per heavy atom. The number of amides is 2. The number of rotatable bonds is 8. The second-order valence-corrected chi connectivity index (χ2v) is 8.34. The molecular weight excluding hydrogens is 426 g/mol. The third-order valence-electron chi connectivity index (χ3n) is 6.01. The van der Waals surface area contributed by atoms with Crippen LogP contribution in [0.4, 0.5) is 11.4 Å². The van der Waals surface area contributed by atoms with Crippen LogP contribution in [0.1, 0.15) is 12.5 Å². The first-order valence-corrected chi connectivity index (χ1v) is 11.8. The predicted octanol–water partition coefficient (Wildman–Crippen LogP) is 4.22. The van der Waals surface area contributed by atoms with Gasteiger partial charge in [0.2, 0.25) is 11.8 Å². The molecule has 34 heavy (non-hydrogen) atoms. The third-order valence-corrected chi connectivity index (χ3v) is 6.01. The molecule has 0 aromatic heterocycles. The number of hydrogen-bond acceptors (Lipinski definition) is 4. The van der Waals surface area contributed by atoms with Crippen LogP contribution >= 0.6 is 0 Å². The fourth-order valence-electron chi connectivity index (χ4n) is 4.06. The predicted molar refractivity (Wildman–Crippen MR) is 136 cm³/mol. The van der Waals surface area contributed by atoms with Gasteiger partial charge in [-0.3, -0.25) is 9.59 Å². The largest absolute Gasteiger partial charge is 0.378 e. The fourth-order valence-corrected chi connectivity index (χ4v) is 4.06. The number of anilines is 2. The van der Waals surface area contributed by atoms with E-state index in [4.69, 9.17) is 4.74 Å². The number of carbonyl (C=O) groups is 2. The minimum atomic E-state index is -0.200. The van der Waals surface area contributed by atoms with Gasteiger partial charge in [-0.2, -0.15) is 0 Å². The molecule has 176 valence electrons. The van der Waals surface area contributed by atoms with Gasteiger partial charge >= 0.3 is 0 Å².